The Morgan fingerprint density at radius 2 is 1.55 bits per heavy atom. The van der Waals surface area contributed by atoms with Gasteiger partial charge in [-0.1, -0.05) is 75.6 Å². The normalized spacial score (nSPS) is 12.1. The number of benzene rings is 2. The lowest BCUT2D eigenvalue weighted by Crippen LogP contribution is -2.11. The number of hydrogen-bond acceptors (Lipinski definition) is 1. The third-order valence-electron chi connectivity index (χ3n) is 4.20. The molecule has 0 heterocycles. The Kier molecular flexibility index (Phi) is 7.02. The lowest BCUT2D eigenvalue weighted by Gasteiger charge is -2.15. The summed E-state index contributed by atoms with van der Waals surface area (Å²) in [5.41, 5.74) is 2.68. The van der Waals surface area contributed by atoms with Crippen molar-refractivity contribution in [3.63, 3.8) is 0 Å². The van der Waals surface area contributed by atoms with Crippen LogP contribution in [0.5, 0.6) is 5.75 Å². The van der Waals surface area contributed by atoms with Crippen LogP contribution in [-0.4, -0.2) is 6.61 Å². The van der Waals surface area contributed by atoms with Crippen LogP contribution in [0.4, 0.5) is 0 Å². The first-order chi connectivity index (χ1) is 10.8. The van der Waals surface area contributed by atoms with Crippen molar-refractivity contribution in [1.29, 1.82) is 0 Å². The number of unbranched alkanes of at least 4 members (excludes halogenated alkanes) is 1. The highest BCUT2D eigenvalue weighted by Crippen LogP contribution is 2.18. The molecule has 2 aromatic rings. The molecule has 0 saturated heterocycles. The van der Waals surface area contributed by atoms with E-state index in [1.807, 2.05) is 0 Å². The molecule has 2 rings (SSSR count). The van der Waals surface area contributed by atoms with Crippen LogP contribution in [0.3, 0.4) is 0 Å². The summed E-state index contributed by atoms with van der Waals surface area (Å²) in [5.74, 6) is 1.68. The van der Waals surface area contributed by atoms with Crippen LogP contribution in [0.25, 0.3) is 0 Å². The van der Waals surface area contributed by atoms with Crippen LogP contribution < -0.4 is 4.74 Å². The first kappa shape index (κ1) is 16.6. The second kappa shape index (κ2) is 9.30. The molecule has 1 nitrogen and oxygen atoms in total. The van der Waals surface area contributed by atoms with E-state index < -0.39 is 0 Å². The van der Waals surface area contributed by atoms with Gasteiger partial charge >= 0.3 is 0 Å². The first-order valence-corrected chi connectivity index (χ1v) is 8.57. The molecule has 0 aliphatic rings. The van der Waals surface area contributed by atoms with Gasteiger partial charge < -0.3 is 4.74 Å². The summed E-state index contributed by atoms with van der Waals surface area (Å²) >= 11 is 0. The first-order valence-electron chi connectivity index (χ1n) is 8.57. The third-order valence-corrected chi connectivity index (χ3v) is 4.20. The molecule has 1 unspecified atom stereocenters. The highest BCUT2D eigenvalue weighted by atomic mass is 16.5. The van der Waals surface area contributed by atoms with E-state index in [1.165, 1.54) is 36.8 Å². The maximum Gasteiger partial charge on any atom is 0.119 e. The number of rotatable bonds is 9. The van der Waals surface area contributed by atoms with Gasteiger partial charge in [0.2, 0.25) is 0 Å². The molecule has 22 heavy (non-hydrogen) atoms. The molecule has 0 radical (unpaired) electrons. The van der Waals surface area contributed by atoms with Crippen LogP contribution in [0, 0.1) is 5.92 Å². The van der Waals surface area contributed by atoms with Crippen molar-refractivity contribution in [2.45, 2.75) is 46.0 Å². The van der Waals surface area contributed by atoms with Gasteiger partial charge in [0.15, 0.2) is 0 Å². The summed E-state index contributed by atoms with van der Waals surface area (Å²) in [6, 6.07) is 19.1. The van der Waals surface area contributed by atoms with E-state index in [1.54, 1.807) is 0 Å². The fourth-order valence-electron chi connectivity index (χ4n) is 2.65. The van der Waals surface area contributed by atoms with Crippen molar-refractivity contribution < 1.29 is 4.74 Å². The maximum atomic E-state index is 5.96. The fourth-order valence-corrected chi connectivity index (χ4v) is 2.65. The van der Waals surface area contributed by atoms with Gasteiger partial charge in [-0.05, 0) is 42.0 Å². The minimum absolute atomic E-state index is 0.684. The minimum Gasteiger partial charge on any atom is -0.493 e. The average molecular weight is 296 g/mol. The summed E-state index contributed by atoms with van der Waals surface area (Å²) in [6.45, 7) is 5.35. The molecule has 0 N–H and O–H groups in total. The van der Waals surface area contributed by atoms with Gasteiger partial charge in [-0.25, -0.2) is 0 Å². The van der Waals surface area contributed by atoms with Gasteiger partial charge in [0, 0.05) is 0 Å². The second-order valence-electron chi connectivity index (χ2n) is 6.03. The zero-order valence-corrected chi connectivity index (χ0v) is 13.9. The van der Waals surface area contributed by atoms with E-state index in [0.29, 0.717) is 5.92 Å². The van der Waals surface area contributed by atoms with Crippen LogP contribution in [0.15, 0.2) is 54.6 Å². The standard InChI is InChI=1S/C21H28O/c1-3-5-9-18(4-2)17-22-21-14-12-20(13-15-21)16-19-10-7-6-8-11-19/h6-8,10-15,18H,3-5,9,16-17H2,1-2H3. The molecule has 118 valence electrons. The van der Waals surface area contributed by atoms with Crippen LogP contribution in [-0.2, 0) is 6.42 Å². The van der Waals surface area contributed by atoms with E-state index in [4.69, 9.17) is 4.74 Å². The predicted octanol–water partition coefficient (Wildman–Crippen LogP) is 5.87. The Bertz CT molecular complexity index is 515. The molecule has 0 aliphatic heterocycles. The third kappa shape index (κ3) is 5.55. The summed E-state index contributed by atoms with van der Waals surface area (Å²) in [6.07, 6.45) is 6.03. The monoisotopic (exact) mass is 296 g/mol. The van der Waals surface area contributed by atoms with Gasteiger partial charge in [0.25, 0.3) is 0 Å². The van der Waals surface area contributed by atoms with E-state index in [-0.39, 0.29) is 0 Å². The molecule has 0 fully saturated rings. The van der Waals surface area contributed by atoms with Crippen molar-refractivity contribution in [3.8, 4) is 5.75 Å². The van der Waals surface area contributed by atoms with Crippen molar-refractivity contribution in [1.82, 2.24) is 0 Å². The molecule has 0 spiro atoms. The van der Waals surface area contributed by atoms with Crippen LogP contribution in [0.1, 0.15) is 50.7 Å². The zero-order chi connectivity index (χ0) is 15.6. The van der Waals surface area contributed by atoms with Crippen LogP contribution in [0.2, 0.25) is 0 Å². The van der Waals surface area contributed by atoms with E-state index in [2.05, 4.69) is 68.4 Å². The minimum atomic E-state index is 0.684. The summed E-state index contributed by atoms with van der Waals surface area (Å²) < 4.78 is 5.96. The number of hydrogen-bond donors (Lipinski definition) is 0. The van der Waals surface area contributed by atoms with E-state index in [0.717, 1.165) is 18.8 Å². The van der Waals surface area contributed by atoms with Gasteiger partial charge in [0.1, 0.15) is 5.75 Å². The lowest BCUT2D eigenvalue weighted by atomic mass is 10.0. The molecule has 2 aromatic carbocycles. The van der Waals surface area contributed by atoms with Crippen molar-refractivity contribution in [3.05, 3.63) is 65.7 Å². The quantitative estimate of drug-likeness (QED) is 0.562. The smallest absolute Gasteiger partial charge is 0.119 e. The summed E-state index contributed by atoms with van der Waals surface area (Å²) in [5, 5.41) is 0. The topological polar surface area (TPSA) is 9.23 Å². The molecule has 0 aliphatic carbocycles. The second-order valence-corrected chi connectivity index (χ2v) is 6.03. The molecule has 0 aromatic heterocycles. The summed E-state index contributed by atoms with van der Waals surface area (Å²) in [7, 11) is 0. The van der Waals surface area contributed by atoms with E-state index >= 15 is 0 Å². The van der Waals surface area contributed by atoms with Crippen molar-refractivity contribution in [2.24, 2.45) is 5.92 Å². The lowest BCUT2D eigenvalue weighted by molar-refractivity contribution is 0.233. The Labute approximate surface area is 135 Å². The molecule has 0 saturated carbocycles. The van der Waals surface area contributed by atoms with Crippen LogP contribution >= 0.6 is 0 Å². The Hall–Kier alpha value is -1.76. The fraction of sp³-hybridized carbons (Fsp3) is 0.429. The van der Waals surface area contributed by atoms with Gasteiger partial charge in [-0.2, -0.15) is 0 Å². The Balaban J connectivity index is 1.83. The molecule has 0 amide bonds. The largest absolute Gasteiger partial charge is 0.493 e. The molecule has 1 atom stereocenters. The zero-order valence-electron chi connectivity index (χ0n) is 13.9. The predicted molar refractivity (Wildman–Crippen MR) is 94.5 cm³/mol. The molecular weight excluding hydrogens is 268 g/mol. The van der Waals surface area contributed by atoms with E-state index in [9.17, 15) is 0 Å². The SMILES string of the molecule is CCCCC(CC)COc1ccc(Cc2ccccc2)cc1. The van der Waals surface area contributed by atoms with Gasteiger partial charge in [0.05, 0.1) is 6.61 Å². The van der Waals surface area contributed by atoms with Gasteiger partial charge in [-0.3, -0.25) is 0 Å². The van der Waals surface area contributed by atoms with Crippen molar-refractivity contribution >= 4 is 0 Å². The Morgan fingerprint density at radius 3 is 2.18 bits per heavy atom. The maximum absolute atomic E-state index is 5.96. The summed E-state index contributed by atoms with van der Waals surface area (Å²) in [4.78, 5) is 0. The van der Waals surface area contributed by atoms with Gasteiger partial charge in [-0.15, -0.1) is 0 Å². The highest BCUT2D eigenvalue weighted by molar-refractivity contribution is 5.31. The highest BCUT2D eigenvalue weighted by Gasteiger charge is 2.07. The van der Waals surface area contributed by atoms with Crippen molar-refractivity contribution in [2.75, 3.05) is 6.61 Å². The Morgan fingerprint density at radius 1 is 0.864 bits per heavy atom. The molecule has 0 bridgehead atoms. The average Bonchev–Trinajstić information content (AvgIpc) is 2.57. The molecular formula is C21H28O. The molecule has 1 heteroatoms. The number of ether oxygens (including phenoxy) is 1.